The van der Waals surface area contributed by atoms with E-state index in [2.05, 4.69) is 16.5 Å². The van der Waals surface area contributed by atoms with Crippen LogP contribution >= 0.6 is 0 Å². The molecule has 0 radical (unpaired) electrons. The van der Waals surface area contributed by atoms with E-state index in [4.69, 9.17) is 4.52 Å². The number of nitrogens with one attached hydrogen (secondary N) is 1. The van der Waals surface area contributed by atoms with Crippen molar-refractivity contribution in [2.24, 2.45) is 0 Å². The number of sulfonamides is 1. The predicted molar refractivity (Wildman–Crippen MR) is 92.1 cm³/mol. The molecule has 0 aliphatic heterocycles. The van der Waals surface area contributed by atoms with Crippen molar-refractivity contribution in [1.29, 1.82) is 0 Å². The first-order valence-electron chi connectivity index (χ1n) is 8.21. The van der Waals surface area contributed by atoms with Crippen LogP contribution in [0.5, 0.6) is 0 Å². The molecular weight excluding hydrogens is 330 g/mol. The van der Waals surface area contributed by atoms with Crippen LogP contribution in [-0.2, 0) is 14.8 Å². The zero-order valence-electron chi connectivity index (χ0n) is 14.2. The molecular formula is C16H25N3O4S. The van der Waals surface area contributed by atoms with Gasteiger partial charge in [-0.15, -0.1) is 0 Å². The lowest BCUT2D eigenvalue weighted by molar-refractivity contribution is -0.116. The first-order chi connectivity index (χ1) is 11.3. The summed E-state index contributed by atoms with van der Waals surface area (Å²) < 4.78 is 30.1. The predicted octanol–water partition coefficient (Wildman–Crippen LogP) is 2.46. The molecule has 7 nitrogen and oxygen atoms in total. The second-order valence-corrected chi connectivity index (χ2v) is 8.12. The van der Waals surface area contributed by atoms with Gasteiger partial charge in [0.05, 0.1) is 6.26 Å². The van der Waals surface area contributed by atoms with Gasteiger partial charge in [0.2, 0.25) is 15.9 Å². The smallest absolute Gasteiger partial charge is 0.226 e. The van der Waals surface area contributed by atoms with Crippen LogP contribution in [-0.4, -0.2) is 43.1 Å². The monoisotopic (exact) mass is 355 g/mol. The number of nitrogens with zero attached hydrogens (tertiary/aromatic N) is 2. The molecule has 134 valence electrons. The maximum atomic E-state index is 11.9. The van der Waals surface area contributed by atoms with E-state index in [0.29, 0.717) is 18.1 Å². The van der Waals surface area contributed by atoms with E-state index in [1.54, 1.807) is 13.0 Å². The molecule has 0 atom stereocenters. The third-order valence-electron chi connectivity index (χ3n) is 4.02. The van der Waals surface area contributed by atoms with Gasteiger partial charge in [-0.05, 0) is 39.0 Å². The minimum absolute atomic E-state index is 0.0814. The molecule has 1 aromatic rings. The molecule has 0 spiro atoms. The lowest BCUT2D eigenvalue weighted by Crippen LogP contribution is -2.34. The third-order valence-corrected chi connectivity index (χ3v) is 5.32. The molecule has 24 heavy (non-hydrogen) atoms. The van der Waals surface area contributed by atoms with Crippen molar-refractivity contribution in [2.45, 2.75) is 45.4 Å². The average Bonchev–Trinajstić information content (AvgIpc) is 2.92. The van der Waals surface area contributed by atoms with Crippen molar-refractivity contribution in [2.75, 3.05) is 24.7 Å². The normalized spacial score (nSPS) is 15.4. The number of allylic oxidation sites excluding steroid dienone is 1. The van der Waals surface area contributed by atoms with Crippen LogP contribution in [0.4, 0.5) is 5.82 Å². The number of hydrogen-bond acceptors (Lipinski definition) is 5. The van der Waals surface area contributed by atoms with E-state index < -0.39 is 10.0 Å². The fraction of sp³-hybridized carbons (Fsp3) is 0.625. The minimum Gasteiger partial charge on any atom is -0.360 e. The number of amides is 1. The summed E-state index contributed by atoms with van der Waals surface area (Å²) in [7, 11) is -3.34. The summed E-state index contributed by atoms with van der Waals surface area (Å²) in [6.07, 6.45) is 8.71. The van der Waals surface area contributed by atoms with E-state index in [1.807, 2.05) is 0 Å². The molecule has 1 N–H and O–H groups in total. The summed E-state index contributed by atoms with van der Waals surface area (Å²) in [5.74, 6) is 0.661. The van der Waals surface area contributed by atoms with Gasteiger partial charge in [-0.25, -0.2) is 12.7 Å². The summed E-state index contributed by atoms with van der Waals surface area (Å²) in [6.45, 7) is 2.31. The highest BCUT2D eigenvalue weighted by molar-refractivity contribution is 7.88. The number of rotatable bonds is 8. The summed E-state index contributed by atoms with van der Waals surface area (Å²) in [5.41, 5.74) is 1.32. The van der Waals surface area contributed by atoms with E-state index in [0.717, 1.165) is 19.3 Å². The van der Waals surface area contributed by atoms with Gasteiger partial charge < -0.3 is 9.84 Å². The lowest BCUT2D eigenvalue weighted by atomic mass is 9.97. The molecule has 1 aliphatic carbocycles. The number of aromatic nitrogens is 1. The van der Waals surface area contributed by atoms with Gasteiger partial charge in [-0.3, -0.25) is 4.79 Å². The summed E-state index contributed by atoms with van der Waals surface area (Å²) in [6, 6.07) is 1.61. The van der Waals surface area contributed by atoms with Crippen LogP contribution in [0.3, 0.4) is 0 Å². The molecule has 1 heterocycles. The molecule has 0 saturated heterocycles. The van der Waals surface area contributed by atoms with E-state index in [1.165, 1.54) is 29.0 Å². The van der Waals surface area contributed by atoms with Gasteiger partial charge >= 0.3 is 0 Å². The fourth-order valence-electron chi connectivity index (χ4n) is 2.70. The van der Waals surface area contributed by atoms with Crippen molar-refractivity contribution in [3.05, 3.63) is 23.5 Å². The SMILES string of the molecule is Cc1cc(NC(=O)CCN(CCC2=CCCCC2)S(C)(=O)=O)no1. The number of carbonyl (C=O) groups is 1. The van der Waals surface area contributed by atoms with Crippen molar-refractivity contribution in [3.63, 3.8) is 0 Å². The molecule has 0 bridgehead atoms. The Balaban J connectivity index is 1.84. The molecule has 8 heteroatoms. The fourth-order valence-corrected chi connectivity index (χ4v) is 3.55. The van der Waals surface area contributed by atoms with Crippen LogP contribution in [0.2, 0.25) is 0 Å². The van der Waals surface area contributed by atoms with Crippen LogP contribution in [0.1, 0.15) is 44.3 Å². The van der Waals surface area contributed by atoms with Gasteiger partial charge in [-0.1, -0.05) is 16.8 Å². The second-order valence-electron chi connectivity index (χ2n) is 6.14. The van der Waals surface area contributed by atoms with Crippen LogP contribution in [0, 0.1) is 6.92 Å². The standard InChI is InChI=1S/C16H25N3O4S/c1-13-12-15(18-23-13)17-16(20)9-11-19(24(2,21)22)10-8-14-6-4-3-5-7-14/h6,12H,3-5,7-11H2,1-2H3,(H,17,18,20). The lowest BCUT2D eigenvalue weighted by Gasteiger charge is -2.21. The van der Waals surface area contributed by atoms with Gasteiger partial charge in [-0.2, -0.15) is 0 Å². The summed E-state index contributed by atoms with van der Waals surface area (Å²) >= 11 is 0. The first-order valence-corrected chi connectivity index (χ1v) is 10.1. The van der Waals surface area contributed by atoms with Crippen molar-refractivity contribution in [1.82, 2.24) is 9.46 Å². The Morgan fingerprint density at radius 1 is 1.38 bits per heavy atom. The molecule has 1 aromatic heterocycles. The Labute approximate surface area is 143 Å². The number of aryl methyl sites for hydroxylation is 1. The van der Waals surface area contributed by atoms with E-state index >= 15 is 0 Å². The van der Waals surface area contributed by atoms with Crippen molar-refractivity contribution in [3.8, 4) is 0 Å². The number of carbonyl (C=O) groups excluding carboxylic acids is 1. The second kappa shape index (κ2) is 8.43. The molecule has 0 unspecified atom stereocenters. The van der Waals surface area contributed by atoms with Gasteiger partial charge in [0, 0.05) is 25.6 Å². The Kier molecular flexibility index (Phi) is 6.56. The van der Waals surface area contributed by atoms with Gasteiger partial charge in [0.1, 0.15) is 5.76 Å². The van der Waals surface area contributed by atoms with Crippen molar-refractivity contribution >= 4 is 21.7 Å². The summed E-state index contributed by atoms with van der Waals surface area (Å²) in [5, 5.41) is 6.28. The highest BCUT2D eigenvalue weighted by Gasteiger charge is 2.19. The quantitative estimate of drug-likeness (QED) is 0.723. The summed E-state index contributed by atoms with van der Waals surface area (Å²) in [4.78, 5) is 11.9. The minimum atomic E-state index is -3.34. The Hall–Kier alpha value is -1.67. The number of hydrogen-bond donors (Lipinski definition) is 1. The first kappa shape index (κ1) is 18.7. The van der Waals surface area contributed by atoms with Crippen molar-refractivity contribution < 1.29 is 17.7 Å². The highest BCUT2D eigenvalue weighted by atomic mass is 32.2. The zero-order chi connectivity index (χ0) is 17.6. The zero-order valence-corrected chi connectivity index (χ0v) is 15.1. The maximum absolute atomic E-state index is 11.9. The van der Waals surface area contributed by atoms with Crippen LogP contribution in [0.15, 0.2) is 22.2 Å². The Morgan fingerprint density at radius 3 is 2.75 bits per heavy atom. The largest absolute Gasteiger partial charge is 0.360 e. The third kappa shape index (κ3) is 6.09. The Bertz CT molecular complexity index is 694. The number of anilines is 1. The maximum Gasteiger partial charge on any atom is 0.226 e. The highest BCUT2D eigenvalue weighted by Crippen LogP contribution is 2.20. The van der Waals surface area contributed by atoms with Gasteiger partial charge in [0.15, 0.2) is 5.82 Å². The van der Waals surface area contributed by atoms with E-state index in [9.17, 15) is 13.2 Å². The molecule has 0 fully saturated rings. The average molecular weight is 355 g/mol. The topological polar surface area (TPSA) is 92.5 Å². The molecule has 0 saturated carbocycles. The van der Waals surface area contributed by atoms with E-state index in [-0.39, 0.29) is 18.9 Å². The molecule has 2 rings (SSSR count). The van der Waals surface area contributed by atoms with Crippen LogP contribution < -0.4 is 5.32 Å². The van der Waals surface area contributed by atoms with Crippen LogP contribution in [0.25, 0.3) is 0 Å². The molecule has 0 aromatic carbocycles. The Morgan fingerprint density at radius 2 is 2.17 bits per heavy atom. The molecule has 1 amide bonds. The van der Waals surface area contributed by atoms with Gasteiger partial charge in [0.25, 0.3) is 0 Å². The molecule has 1 aliphatic rings.